The standard InChI is InChI=1S/C30H35FN2O4/c1-19(2)15-28(34)33-14-13-21-7-10-24(16-26(21)29(33)22-5-8-23(31)9-6-22)36-18-25-11-12-27(37-25)30(35)32-17-20(3)4/h5-12,16,19-20,29H,13-15,17-18H2,1-4H3,(H,32,35). The molecular formula is C30H35FN2O4. The van der Waals surface area contributed by atoms with Gasteiger partial charge in [-0.2, -0.15) is 0 Å². The molecule has 4 rings (SSSR count). The van der Waals surface area contributed by atoms with Crippen molar-refractivity contribution in [3.8, 4) is 5.75 Å². The lowest BCUT2D eigenvalue weighted by Gasteiger charge is -2.38. The van der Waals surface area contributed by atoms with Gasteiger partial charge in [0.2, 0.25) is 5.91 Å². The van der Waals surface area contributed by atoms with Gasteiger partial charge >= 0.3 is 0 Å². The average Bonchev–Trinajstić information content (AvgIpc) is 3.34. The van der Waals surface area contributed by atoms with Crippen molar-refractivity contribution in [2.75, 3.05) is 13.1 Å². The lowest BCUT2D eigenvalue weighted by Crippen LogP contribution is -2.41. The van der Waals surface area contributed by atoms with Crippen molar-refractivity contribution in [3.63, 3.8) is 0 Å². The summed E-state index contributed by atoms with van der Waals surface area (Å²) in [5.41, 5.74) is 2.97. The van der Waals surface area contributed by atoms with Crippen LogP contribution in [0.1, 0.15) is 73.2 Å². The minimum atomic E-state index is -0.320. The maximum Gasteiger partial charge on any atom is 0.287 e. The Morgan fingerprint density at radius 1 is 1.05 bits per heavy atom. The first-order valence-electron chi connectivity index (χ1n) is 12.9. The predicted molar refractivity (Wildman–Crippen MR) is 140 cm³/mol. The Hall–Kier alpha value is -3.61. The zero-order valence-electron chi connectivity index (χ0n) is 21.9. The molecule has 1 aliphatic heterocycles. The number of nitrogens with zero attached hydrogens (tertiary/aromatic N) is 1. The fraction of sp³-hybridized carbons (Fsp3) is 0.400. The van der Waals surface area contributed by atoms with E-state index in [9.17, 15) is 14.0 Å². The van der Waals surface area contributed by atoms with E-state index in [1.165, 1.54) is 12.1 Å². The summed E-state index contributed by atoms with van der Waals surface area (Å²) in [7, 11) is 0. The molecule has 1 unspecified atom stereocenters. The third-order valence-electron chi connectivity index (χ3n) is 6.37. The highest BCUT2D eigenvalue weighted by molar-refractivity contribution is 5.91. The third kappa shape index (κ3) is 6.59. The summed E-state index contributed by atoms with van der Waals surface area (Å²) in [5.74, 6) is 1.53. The van der Waals surface area contributed by atoms with Gasteiger partial charge in [-0.05, 0) is 71.3 Å². The summed E-state index contributed by atoms with van der Waals surface area (Å²) in [6, 6.07) is 15.3. The minimum Gasteiger partial charge on any atom is -0.486 e. The molecule has 1 atom stereocenters. The van der Waals surface area contributed by atoms with Crippen molar-refractivity contribution >= 4 is 11.8 Å². The van der Waals surface area contributed by atoms with Crippen LogP contribution in [0.2, 0.25) is 0 Å². The molecule has 2 aromatic carbocycles. The summed E-state index contributed by atoms with van der Waals surface area (Å²) < 4.78 is 25.4. The lowest BCUT2D eigenvalue weighted by atomic mass is 9.87. The number of hydrogen-bond acceptors (Lipinski definition) is 4. The second-order valence-corrected chi connectivity index (χ2v) is 10.4. The van der Waals surface area contributed by atoms with Gasteiger partial charge in [0.05, 0.1) is 6.04 Å². The molecule has 37 heavy (non-hydrogen) atoms. The Balaban J connectivity index is 1.54. The van der Waals surface area contributed by atoms with Crippen molar-refractivity contribution in [2.45, 2.75) is 53.2 Å². The van der Waals surface area contributed by atoms with Crippen LogP contribution in [0.5, 0.6) is 5.75 Å². The van der Waals surface area contributed by atoms with Crippen LogP contribution in [-0.4, -0.2) is 29.8 Å². The van der Waals surface area contributed by atoms with Crippen LogP contribution in [0.15, 0.2) is 59.0 Å². The highest BCUT2D eigenvalue weighted by Crippen LogP contribution is 2.38. The number of rotatable bonds is 9. The summed E-state index contributed by atoms with van der Waals surface area (Å²) >= 11 is 0. The van der Waals surface area contributed by atoms with E-state index < -0.39 is 0 Å². The van der Waals surface area contributed by atoms with E-state index in [2.05, 4.69) is 5.32 Å². The monoisotopic (exact) mass is 506 g/mol. The molecule has 196 valence electrons. The molecule has 1 aromatic heterocycles. The Kier molecular flexibility index (Phi) is 8.31. The van der Waals surface area contributed by atoms with Crippen molar-refractivity contribution in [3.05, 3.63) is 88.6 Å². The van der Waals surface area contributed by atoms with Gasteiger partial charge in [-0.1, -0.05) is 45.9 Å². The van der Waals surface area contributed by atoms with E-state index >= 15 is 0 Å². The Labute approximate surface area is 217 Å². The van der Waals surface area contributed by atoms with Gasteiger partial charge in [-0.25, -0.2) is 4.39 Å². The van der Waals surface area contributed by atoms with E-state index in [0.717, 1.165) is 23.1 Å². The van der Waals surface area contributed by atoms with Gasteiger partial charge in [0.1, 0.15) is 23.9 Å². The van der Waals surface area contributed by atoms with Gasteiger partial charge in [-0.3, -0.25) is 9.59 Å². The molecule has 0 saturated carbocycles. The maximum atomic E-state index is 13.7. The van der Waals surface area contributed by atoms with E-state index in [1.54, 1.807) is 24.3 Å². The number of nitrogens with one attached hydrogen (secondary N) is 1. The first kappa shape index (κ1) is 26.5. The molecule has 1 N–H and O–H groups in total. The van der Waals surface area contributed by atoms with Gasteiger partial charge in [-0.15, -0.1) is 0 Å². The fourth-order valence-corrected chi connectivity index (χ4v) is 4.54. The number of hydrogen-bond donors (Lipinski definition) is 1. The SMILES string of the molecule is CC(C)CNC(=O)c1ccc(COc2ccc3c(c2)C(c2ccc(F)cc2)N(C(=O)CC(C)C)CC3)o1. The van der Waals surface area contributed by atoms with Crippen LogP contribution in [0.4, 0.5) is 4.39 Å². The predicted octanol–water partition coefficient (Wildman–Crippen LogP) is 5.90. The summed E-state index contributed by atoms with van der Waals surface area (Å²) in [4.78, 5) is 27.3. The number of furan rings is 1. The van der Waals surface area contributed by atoms with Crippen LogP contribution in [-0.2, 0) is 17.8 Å². The molecule has 0 bridgehead atoms. The molecule has 1 aliphatic rings. The molecule has 0 radical (unpaired) electrons. The molecule has 2 amide bonds. The van der Waals surface area contributed by atoms with Crippen molar-refractivity contribution in [2.24, 2.45) is 11.8 Å². The Morgan fingerprint density at radius 3 is 2.51 bits per heavy atom. The van der Waals surface area contributed by atoms with Gasteiger partial charge in [0.25, 0.3) is 5.91 Å². The zero-order chi connectivity index (χ0) is 26.5. The molecule has 0 aliphatic carbocycles. The summed E-state index contributed by atoms with van der Waals surface area (Å²) in [5, 5.41) is 2.84. The van der Waals surface area contributed by atoms with E-state index in [4.69, 9.17) is 9.15 Å². The molecule has 3 aromatic rings. The first-order chi connectivity index (χ1) is 17.7. The minimum absolute atomic E-state index is 0.0835. The second kappa shape index (κ2) is 11.6. The van der Waals surface area contributed by atoms with E-state index in [-0.39, 0.29) is 42.0 Å². The summed E-state index contributed by atoms with van der Waals surface area (Å²) in [6.07, 6.45) is 1.19. The van der Waals surface area contributed by atoms with E-state index in [0.29, 0.717) is 36.9 Å². The van der Waals surface area contributed by atoms with Crippen LogP contribution in [0, 0.1) is 17.7 Å². The Bertz CT molecular complexity index is 1230. The smallest absolute Gasteiger partial charge is 0.287 e. The number of carbonyl (C=O) groups is 2. The van der Waals surface area contributed by atoms with Crippen LogP contribution < -0.4 is 10.1 Å². The average molecular weight is 507 g/mol. The molecule has 6 nitrogen and oxygen atoms in total. The van der Waals surface area contributed by atoms with E-state index in [1.807, 2.05) is 50.8 Å². The van der Waals surface area contributed by atoms with Gasteiger partial charge in [0.15, 0.2) is 5.76 Å². The highest BCUT2D eigenvalue weighted by Gasteiger charge is 2.32. The zero-order valence-corrected chi connectivity index (χ0v) is 21.9. The highest BCUT2D eigenvalue weighted by atomic mass is 19.1. The summed E-state index contributed by atoms with van der Waals surface area (Å²) in [6.45, 7) is 9.46. The molecular weight excluding hydrogens is 471 g/mol. The first-order valence-corrected chi connectivity index (χ1v) is 12.9. The number of fused-ring (bicyclic) bond motifs is 1. The normalized spacial score (nSPS) is 15.1. The largest absolute Gasteiger partial charge is 0.486 e. The number of benzene rings is 2. The van der Waals surface area contributed by atoms with Gasteiger partial charge < -0.3 is 19.4 Å². The second-order valence-electron chi connectivity index (χ2n) is 10.4. The van der Waals surface area contributed by atoms with Crippen molar-refractivity contribution in [1.29, 1.82) is 0 Å². The lowest BCUT2D eigenvalue weighted by molar-refractivity contribution is -0.134. The Morgan fingerprint density at radius 2 is 1.81 bits per heavy atom. The fourth-order valence-electron chi connectivity index (χ4n) is 4.54. The number of carbonyl (C=O) groups excluding carboxylic acids is 2. The molecule has 0 spiro atoms. The topological polar surface area (TPSA) is 71.8 Å². The van der Waals surface area contributed by atoms with Crippen LogP contribution in [0.25, 0.3) is 0 Å². The van der Waals surface area contributed by atoms with Crippen molar-refractivity contribution < 1.29 is 23.1 Å². The number of amides is 2. The molecule has 0 fully saturated rings. The molecule has 7 heteroatoms. The van der Waals surface area contributed by atoms with Crippen LogP contribution >= 0.6 is 0 Å². The third-order valence-corrected chi connectivity index (χ3v) is 6.37. The van der Waals surface area contributed by atoms with Crippen LogP contribution in [0.3, 0.4) is 0 Å². The number of halogens is 1. The number of ether oxygens (including phenoxy) is 1. The van der Waals surface area contributed by atoms with Crippen molar-refractivity contribution in [1.82, 2.24) is 10.2 Å². The quantitative estimate of drug-likeness (QED) is 0.392. The maximum absolute atomic E-state index is 13.7. The molecule has 0 saturated heterocycles. The molecule has 2 heterocycles. The van der Waals surface area contributed by atoms with Gasteiger partial charge in [0, 0.05) is 19.5 Å².